The van der Waals surface area contributed by atoms with Crippen LogP contribution in [0.5, 0.6) is 0 Å². The highest BCUT2D eigenvalue weighted by atomic mass is 79.9. The van der Waals surface area contributed by atoms with Crippen LogP contribution in [0.4, 0.5) is 0 Å². The van der Waals surface area contributed by atoms with Crippen molar-refractivity contribution in [2.45, 2.75) is 13.5 Å². The van der Waals surface area contributed by atoms with Crippen molar-refractivity contribution in [3.63, 3.8) is 0 Å². The van der Waals surface area contributed by atoms with Crippen molar-refractivity contribution in [2.24, 2.45) is 0 Å². The van der Waals surface area contributed by atoms with Gasteiger partial charge < -0.3 is 5.32 Å². The smallest absolute Gasteiger partial charge is 0.0346 e. The molecule has 0 saturated heterocycles. The summed E-state index contributed by atoms with van der Waals surface area (Å²) in [6.45, 7) is 4.12. The van der Waals surface area contributed by atoms with Crippen LogP contribution in [0, 0.1) is 0 Å². The molecule has 1 heterocycles. The van der Waals surface area contributed by atoms with Gasteiger partial charge in [0.15, 0.2) is 0 Å². The van der Waals surface area contributed by atoms with Gasteiger partial charge >= 0.3 is 0 Å². The minimum atomic E-state index is 0.970. The molecule has 0 atom stereocenters. The van der Waals surface area contributed by atoms with Gasteiger partial charge in [-0.3, -0.25) is 0 Å². The molecule has 0 aliphatic carbocycles. The van der Waals surface area contributed by atoms with E-state index in [9.17, 15) is 0 Å². The molecule has 1 aromatic heterocycles. The number of benzene rings is 1. The zero-order valence-electron chi connectivity index (χ0n) is 9.16. The molecule has 0 aliphatic heterocycles. The Hall–Kier alpha value is -0.640. The topological polar surface area (TPSA) is 12.0 Å². The van der Waals surface area contributed by atoms with Crippen molar-refractivity contribution < 1.29 is 0 Å². The van der Waals surface area contributed by atoms with Gasteiger partial charge in [0.2, 0.25) is 0 Å². The summed E-state index contributed by atoms with van der Waals surface area (Å²) < 4.78 is 1.13. The van der Waals surface area contributed by atoms with Crippen LogP contribution in [0.1, 0.15) is 11.8 Å². The largest absolute Gasteiger partial charge is 0.312 e. The quantitative estimate of drug-likeness (QED) is 0.887. The number of rotatable bonds is 4. The van der Waals surface area contributed by atoms with E-state index in [0.717, 1.165) is 17.6 Å². The third kappa shape index (κ3) is 2.94. The normalized spacial score (nSPS) is 10.6. The minimum absolute atomic E-state index is 0.970. The SMILES string of the molecule is CCNCc1ccc(-c2ccc(Br)cc2)s1. The zero-order chi connectivity index (χ0) is 11.4. The zero-order valence-corrected chi connectivity index (χ0v) is 11.6. The van der Waals surface area contributed by atoms with Crippen molar-refractivity contribution in [1.29, 1.82) is 0 Å². The third-order valence-electron chi connectivity index (χ3n) is 2.34. The van der Waals surface area contributed by atoms with Gasteiger partial charge in [0.1, 0.15) is 0 Å². The number of thiophene rings is 1. The van der Waals surface area contributed by atoms with Crippen molar-refractivity contribution in [3.05, 3.63) is 45.7 Å². The standard InChI is InChI=1S/C13H14BrNS/c1-2-15-9-12-7-8-13(16-12)10-3-5-11(14)6-4-10/h3-8,15H,2,9H2,1H3. The molecule has 0 amide bonds. The highest BCUT2D eigenvalue weighted by Crippen LogP contribution is 2.28. The number of hydrogen-bond acceptors (Lipinski definition) is 2. The first-order chi connectivity index (χ1) is 7.79. The first-order valence-electron chi connectivity index (χ1n) is 5.35. The predicted octanol–water partition coefficient (Wildman–Crippen LogP) is 4.29. The van der Waals surface area contributed by atoms with Gasteiger partial charge in [-0.25, -0.2) is 0 Å². The predicted molar refractivity (Wildman–Crippen MR) is 74.8 cm³/mol. The van der Waals surface area contributed by atoms with E-state index in [2.05, 4.69) is 64.6 Å². The Kier molecular flexibility index (Phi) is 4.16. The first kappa shape index (κ1) is 11.8. The number of halogens is 1. The summed E-state index contributed by atoms with van der Waals surface area (Å²) in [4.78, 5) is 2.72. The van der Waals surface area contributed by atoms with Crippen LogP contribution in [0.25, 0.3) is 10.4 Å². The molecule has 2 aromatic rings. The lowest BCUT2D eigenvalue weighted by Crippen LogP contribution is -2.10. The fourth-order valence-electron chi connectivity index (χ4n) is 1.49. The van der Waals surface area contributed by atoms with Gasteiger partial charge in [0.05, 0.1) is 0 Å². The Bertz CT molecular complexity index is 447. The van der Waals surface area contributed by atoms with Crippen LogP contribution in [-0.2, 0) is 6.54 Å². The average molecular weight is 296 g/mol. The first-order valence-corrected chi connectivity index (χ1v) is 6.96. The van der Waals surface area contributed by atoms with Crippen LogP contribution in [0.2, 0.25) is 0 Å². The van der Waals surface area contributed by atoms with Gasteiger partial charge in [-0.1, -0.05) is 35.0 Å². The van der Waals surface area contributed by atoms with Gasteiger partial charge in [-0.05, 0) is 36.4 Å². The molecule has 1 aromatic carbocycles. The van der Waals surface area contributed by atoms with E-state index in [-0.39, 0.29) is 0 Å². The maximum Gasteiger partial charge on any atom is 0.0346 e. The third-order valence-corrected chi connectivity index (χ3v) is 4.00. The molecular weight excluding hydrogens is 282 g/mol. The van der Waals surface area contributed by atoms with Crippen LogP contribution in [-0.4, -0.2) is 6.54 Å². The fourth-order valence-corrected chi connectivity index (χ4v) is 2.74. The van der Waals surface area contributed by atoms with Crippen molar-refractivity contribution in [1.82, 2.24) is 5.32 Å². The second kappa shape index (κ2) is 5.62. The van der Waals surface area contributed by atoms with Crippen LogP contribution >= 0.6 is 27.3 Å². The summed E-state index contributed by atoms with van der Waals surface area (Å²) in [6.07, 6.45) is 0. The molecule has 3 heteroatoms. The molecule has 2 rings (SSSR count). The Morgan fingerprint density at radius 2 is 1.88 bits per heavy atom. The van der Waals surface area contributed by atoms with E-state index in [4.69, 9.17) is 0 Å². The van der Waals surface area contributed by atoms with Crippen molar-refractivity contribution >= 4 is 27.3 Å². The van der Waals surface area contributed by atoms with Crippen LogP contribution in [0.3, 0.4) is 0 Å². The molecule has 0 aliphatic rings. The molecule has 1 nitrogen and oxygen atoms in total. The van der Waals surface area contributed by atoms with Gasteiger partial charge in [0.25, 0.3) is 0 Å². The fraction of sp³-hybridized carbons (Fsp3) is 0.231. The molecule has 1 N–H and O–H groups in total. The highest BCUT2D eigenvalue weighted by Gasteiger charge is 2.02. The Labute approximate surface area is 109 Å². The number of hydrogen-bond donors (Lipinski definition) is 1. The van der Waals surface area contributed by atoms with Crippen molar-refractivity contribution in [3.8, 4) is 10.4 Å². The Balaban J connectivity index is 2.15. The summed E-state index contributed by atoms with van der Waals surface area (Å²) in [5.41, 5.74) is 1.29. The summed E-state index contributed by atoms with van der Waals surface area (Å²) in [7, 11) is 0. The monoisotopic (exact) mass is 295 g/mol. The molecule has 0 spiro atoms. The van der Waals surface area contributed by atoms with E-state index < -0.39 is 0 Å². The van der Waals surface area contributed by atoms with Gasteiger partial charge in [-0.2, -0.15) is 0 Å². The van der Waals surface area contributed by atoms with Crippen LogP contribution < -0.4 is 5.32 Å². The molecule has 84 valence electrons. The average Bonchev–Trinajstić information content (AvgIpc) is 2.76. The van der Waals surface area contributed by atoms with E-state index >= 15 is 0 Å². The second-order valence-electron chi connectivity index (χ2n) is 3.55. The van der Waals surface area contributed by atoms with Gasteiger partial charge in [-0.15, -0.1) is 11.3 Å². The molecule has 0 bridgehead atoms. The molecule has 0 unspecified atom stereocenters. The lowest BCUT2D eigenvalue weighted by molar-refractivity contribution is 0.735. The molecule has 0 radical (unpaired) electrons. The molecular formula is C13H14BrNS. The summed E-state index contributed by atoms with van der Waals surface area (Å²) >= 11 is 5.30. The molecule has 0 saturated carbocycles. The van der Waals surface area contributed by atoms with Crippen molar-refractivity contribution in [2.75, 3.05) is 6.54 Å². The van der Waals surface area contributed by atoms with E-state index in [1.54, 1.807) is 0 Å². The Morgan fingerprint density at radius 1 is 1.12 bits per heavy atom. The van der Waals surface area contributed by atoms with E-state index in [0.29, 0.717) is 0 Å². The minimum Gasteiger partial charge on any atom is -0.312 e. The lowest BCUT2D eigenvalue weighted by Gasteiger charge is -1.98. The molecule has 16 heavy (non-hydrogen) atoms. The molecule has 0 fully saturated rings. The van der Waals surface area contributed by atoms with E-state index in [1.807, 2.05) is 11.3 Å². The lowest BCUT2D eigenvalue weighted by atomic mass is 10.2. The summed E-state index contributed by atoms with van der Waals surface area (Å²) in [5, 5.41) is 3.34. The maximum atomic E-state index is 3.45. The van der Waals surface area contributed by atoms with Crippen LogP contribution in [0.15, 0.2) is 40.9 Å². The second-order valence-corrected chi connectivity index (χ2v) is 5.64. The Morgan fingerprint density at radius 3 is 2.56 bits per heavy atom. The maximum absolute atomic E-state index is 3.45. The summed E-state index contributed by atoms with van der Waals surface area (Å²) in [6, 6.07) is 12.9. The van der Waals surface area contributed by atoms with E-state index in [1.165, 1.54) is 15.3 Å². The highest BCUT2D eigenvalue weighted by molar-refractivity contribution is 9.10. The number of nitrogens with one attached hydrogen (secondary N) is 1. The van der Waals surface area contributed by atoms with Gasteiger partial charge in [0, 0.05) is 20.8 Å². The summed E-state index contributed by atoms with van der Waals surface area (Å²) in [5.74, 6) is 0.